The van der Waals surface area contributed by atoms with Crippen molar-refractivity contribution in [2.75, 3.05) is 19.7 Å². The SMILES string of the molecule is CC1COC(CN)CN1S(=O)(=O)c1cnn(C)c1. The van der Waals surface area contributed by atoms with Crippen molar-refractivity contribution in [3.05, 3.63) is 12.4 Å². The van der Waals surface area contributed by atoms with Gasteiger partial charge in [-0.1, -0.05) is 0 Å². The molecule has 0 saturated carbocycles. The highest BCUT2D eigenvalue weighted by Gasteiger charge is 2.35. The number of ether oxygens (including phenoxy) is 1. The highest BCUT2D eigenvalue weighted by molar-refractivity contribution is 7.89. The summed E-state index contributed by atoms with van der Waals surface area (Å²) >= 11 is 0. The van der Waals surface area contributed by atoms with Crippen molar-refractivity contribution in [3.8, 4) is 0 Å². The Balaban J connectivity index is 2.28. The second-order valence-electron chi connectivity index (χ2n) is 4.46. The molecule has 2 unspecified atom stereocenters. The molecule has 8 heteroatoms. The monoisotopic (exact) mass is 274 g/mol. The van der Waals surface area contributed by atoms with Gasteiger partial charge in [-0.3, -0.25) is 4.68 Å². The zero-order chi connectivity index (χ0) is 13.3. The van der Waals surface area contributed by atoms with E-state index in [9.17, 15) is 8.42 Å². The van der Waals surface area contributed by atoms with Crippen LogP contribution >= 0.6 is 0 Å². The Labute approximate surface area is 107 Å². The van der Waals surface area contributed by atoms with Gasteiger partial charge in [-0.15, -0.1) is 0 Å². The molecule has 0 radical (unpaired) electrons. The van der Waals surface area contributed by atoms with E-state index >= 15 is 0 Å². The van der Waals surface area contributed by atoms with Crippen molar-refractivity contribution in [1.29, 1.82) is 0 Å². The minimum absolute atomic E-state index is 0.196. The minimum atomic E-state index is -3.52. The molecule has 1 aliphatic heterocycles. The number of sulfonamides is 1. The second kappa shape index (κ2) is 4.96. The number of nitrogens with zero attached hydrogens (tertiary/aromatic N) is 3. The molecule has 1 aliphatic rings. The molecule has 1 aromatic rings. The first kappa shape index (κ1) is 13.5. The van der Waals surface area contributed by atoms with Gasteiger partial charge < -0.3 is 10.5 Å². The molecule has 1 saturated heterocycles. The van der Waals surface area contributed by atoms with Crippen LogP contribution in [-0.2, 0) is 21.8 Å². The average molecular weight is 274 g/mol. The van der Waals surface area contributed by atoms with Crippen LogP contribution in [-0.4, -0.2) is 54.3 Å². The van der Waals surface area contributed by atoms with Gasteiger partial charge in [-0.25, -0.2) is 8.42 Å². The zero-order valence-corrected chi connectivity index (χ0v) is 11.3. The summed E-state index contributed by atoms with van der Waals surface area (Å²) in [4.78, 5) is 0.203. The third kappa shape index (κ3) is 2.41. The summed E-state index contributed by atoms with van der Waals surface area (Å²) in [6.07, 6.45) is 2.61. The lowest BCUT2D eigenvalue weighted by Crippen LogP contribution is -2.52. The van der Waals surface area contributed by atoms with Crippen LogP contribution in [0.5, 0.6) is 0 Å². The molecule has 2 N–H and O–H groups in total. The molecule has 0 aromatic carbocycles. The van der Waals surface area contributed by atoms with Crippen LogP contribution in [0.2, 0.25) is 0 Å². The average Bonchev–Trinajstić information content (AvgIpc) is 2.77. The van der Waals surface area contributed by atoms with Crippen molar-refractivity contribution >= 4 is 10.0 Å². The molecule has 2 rings (SSSR count). The van der Waals surface area contributed by atoms with E-state index in [1.165, 1.54) is 21.4 Å². The van der Waals surface area contributed by atoms with Crippen molar-refractivity contribution in [2.24, 2.45) is 12.8 Å². The topological polar surface area (TPSA) is 90.4 Å². The minimum Gasteiger partial charge on any atom is -0.374 e. The van der Waals surface area contributed by atoms with Crippen LogP contribution in [0.1, 0.15) is 6.92 Å². The Kier molecular flexibility index (Phi) is 3.71. The molecule has 0 aliphatic carbocycles. The largest absolute Gasteiger partial charge is 0.374 e. The van der Waals surface area contributed by atoms with Crippen LogP contribution in [0, 0.1) is 0 Å². The van der Waals surface area contributed by atoms with Crippen molar-refractivity contribution in [2.45, 2.75) is 24.0 Å². The molecule has 1 fully saturated rings. The summed E-state index contributed by atoms with van der Waals surface area (Å²) in [7, 11) is -1.83. The van der Waals surface area contributed by atoms with Crippen molar-refractivity contribution < 1.29 is 13.2 Å². The van der Waals surface area contributed by atoms with E-state index in [1.54, 1.807) is 7.05 Å². The Morgan fingerprint density at radius 1 is 1.61 bits per heavy atom. The van der Waals surface area contributed by atoms with E-state index in [4.69, 9.17) is 10.5 Å². The smallest absolute Gasteiger partial charge is 0.246 e. The first-order valence-electron chi connectivity index (χ1n) is 5.77. The molecule has 18 heavy (non-hydrogen) atoms. The molecule has 0 amide bonds. The number of rotatable bonds is 3. The van der Waals surface area contributed by atoms with E-state index < -0.39 is 10.0 Å². The lowest BCUT2D eigenvalue weighted by molar-refractivity contribution is -0.0219. The van der Waals surface area contributed by atoms with Gasteiger partial charge in [0.05, 0.1) is 18.9 Å². The molecule has 1 aromatic heterocycles. The molecule has 102 valence electrons. The van der Waals surface area contributed by atoms with Gasteiger partial charge in [0.15, 0.2) is 0 Å². The van der Waals surface area contributed by atoms with Crippen molar-refractivity contribution in [3.63, 3.8) is 0 Å². The van der Waals surface area contributed by atoms with Crippen LogP contribution < -0.4 is 5.73 Å². The highest BCUT2D eigenvalue weighted by atomic mass is 32.2. The van der Waals surface area contributed by atoms with Gasteiger partial charge in [0.1, 0.15) is 4.90 Å². The van der Waals surface area contributed by atoms with Gasteiger partial charge >= 0.3 is 0 Å². The summed E-state index contributed by atoms with van der Waals surface area (Å²) in [5, 5.41) is 3.90. The summed E-state index contributed by atoms with van der Waals surface area (Å²) in [6, 6.07) is -0.196. The molecular weight excluding hydrogens is 256 g/mol. The lowest BCUT2D eigenvalue weighted by Gasteiger charge is -2.36. The Morgan fingerprint density at radius 2 is 2.33 bits per heavy atom. The first-order chi connectivity index (χ1) is 8.45. The van der Waals surface area contributed by atoms with E-state index in [-0.39, 0.29) is 23.6 Å². The van der Waals surface area contributed by atoms with E-state index in [2.05, 4.69) is 5.10 Å². The van der Waals surface area contributed by atoms with E-state index in [1.807, 2.05) is 6.92 Å². The second-order valence-corrected chi connectivity index (χ2v) is 6.36. The Hall–Kier alpha value is -0.960. The van der Waals surface area contributed by atoms with Gasteiger partial charge in [0.2, 0.25) is 10.0 Å². The predicted octanol–water partition coefficient (Wildman–Crippen LogP) is -0.843. The number of nitrogens with two attached hydrogens (primary N) is 1. The summed E-state index contributed by atoms with van der Waals surface area (Å²) < 4.78 is 33.3. The van der Waals surface area contributed by atoms with Crippen LogP contribution in [0.15, 0.2) is 17.3 Å². The first-order valence-corrected chi connectivity index (χ1v) is 7.21. The third-order valence-electron chi connectivity index (χ3n) is 3.00. The maximum Gasteiger partial charge on any atom is 0.246 e. The number of morpholine rings is 1. The molecule has 2 atom stereocenters. The number of aryl methyl sites for hydroxylation is 1. The van der Waals surface area contributed by atoms with Crippen LogP contribution in [0.3, 0.4) is 0 Å². The lowest BCUT2D eigenvalue weighted by atomic mass is 10.2. The van der Waals surface area contributed by atoms with E-state index in [0.717, 1.165) is 0 Å². The van der Waals surface area contributed by atoms with Gasteiger partial charge in [-0.2, -0.15) is 9.40 Å². The number of hydrogen-bond acceptors (Lipinski definition) is 5. The fourth-order valence-corrected chi connectivity index (χ4v) is 3.57. The summed E-state index contributed by atoms with van der Waals surface area (Å²) in [5.74, 6) is 0. The number of hydrogen-bond donors (Lipinski definition) is 1. The Morgan fingerprint density at radius 3 is 2.89 bits per heavy atom. The molecule has 0 bridgehead atoms. The molecular formula is C10H18N4O3S. The molecule has 0 spiro atoms. The summed E-state index contributed by atoms with van der Waals surface area (Å²) in [6.45, 7) is 2.78. The van der Waals surface area contributed by atoms with Crippen molar-refractivity contribution in [1.82, 2.24) is 14.1 Å². The fraction of sp³-hybridized carbons (Fsp3) is 0.700. The standard InChI is InChI=1S/C10H18N4O3S/c1-8-7-17-9(3-11)5-14(8)18(15,16)10-4-12-13(2)6-10/h4,6,8-9H,3,5,7,11H2,1-2H3. The zero-order valence-electron chi connectivity index (χ0n) is 10.5. The number of aromatic nitrogens is 2. The fourth-order valence-electron chi connectivity index (χ4n) is 1.94. The maximum absolute atomic E-state index is 12.4. The maximum atomic E-state index is 12.4. The predicted molar refractivity (Wildman–Crippen MR) is 65.4 cm³/mol. The van der Waals surface area contributed by atoms with Crippen LogP contribution in [0.25, 0.3) is 0 Å². The van der Waals surface area contributed by atoms with Gasteiger partial charge in [-0.05, 0) is 6.92 Å². The van der Waals surface area contributed by atoms with Crippen LogP contribution in [0.4, 0.5) is 0 Å². The highest BCUT2D eigenvalue weighted by Crippen LogP contribution is 2.21. The normalized spacial score (nSPS) is 26.4. The Bertz CT molecular complexity index is 513. The van der Waals surface area contributed by atoms with E-state index in [0.29, 0.717) is 13.2 Å². The molecule has 7 nitrogen and oxygen atoms in total. The van der Waals surface area contributed by atoms with Gasteiger partial charge in [0, 0.05) is 32.4 Å². The third-order valence-corrected chi connectivity index (χ3v) is 4.93. The summed E-state index contributed by atoms with van der Waals surface area (Å²) in [5.41, 5.74) is 5.53. The quantitative estimate of drug-likeness (QED) is 0.776. The molecule has 2 heterocycles. The van der Waals surface area contributed by atoms with Gasteiger partial charge in [0.25, 0.3) is 0 Å².